The molecule has 11 nitrogen and oxygen atoms in total. The highest BCUT2D eigenvalue weighted by atomic mass is 32.2. The fourth-order valence-corrected chi connectivity index (χ4v) is 3.49. The molecule has 1 aromatic heterocycles. The van der Waals surface area contributed by atoms with E-state index in [1.807, 2.05) is 0 Å². The Morgan fingerprint density at radius 1 is 1.17 bits per heavy atom. The van der Waals surface area contributed by atoms with Crippen LogP contribution in [-0.2, 0) is 19.6 Å². The highest BCUT2D eigenvalue weighted by Gasteiger charge is 2.30. The third kappa shape index (κ3) is 4.50. The molecule has 152 valence electrons. The minimum Gasteiger partial charge on any atom is -0.481 e. The number of hydrogen-bond donors (Lipinski definition) is 3. The number of sulfonamides is 1. The predicted molar refractivity (Wildman–Crippen MR) is 101 cm³/mol. The summed E-state index contributed by atoms with van der Waals surface area (Å²) in [5, 5.41) is 11.7. The standard InChI is InChI=1S/C17H17N5O6S/c1-28-15-9-14(18-10-19-15)21-29(26,27)12-4-2-11(3-5-12)20-13-8-16(24)22(6-7-23)17(13)25/h2-5,8-10,20,23H,6-7H2,1H3,(H,18,19,21). The van der Waals surface area contributed by atoms with Gasteiger partial charge in [-0.2, -0.15) is 0 Å². The molecule has 1 aromatic carbocycles. The van der Waals surface area contributed by atoms with Crippen LogP contribution in [0.3, 0.4) is 0 Å². The third-order valence-corrected chi connectivity index (χ3v) is 5.24. The predicted octanol–water partition coefficient (Wildman–Crippen LogP) is -0.0571. The molecule has 0 spiro atoms. The van der Waals surface area contributed by atoms with Crippen LogP contribution in [0.4, 0.5) is 11.5 Å². The van der Waals surface area contributed by atoms with E-state index in [1.54, 1.807) is 0 Å². The smallest absolute Gasteiger partial charge is 0.277 e. The number of methoxy groups -OCH3 is 1. The Morgan fingerprint density at radius 2 is 1.90 bits per heavy atom. The number of carbonyl (C=O) groups is 2. The highest BCUT2D eigenvalue weighted by molar-refractivity contribution is 7.92. The Kier molecular flexibility index (Phi) is 5.75. The van der Waals surface area contributed by atoms with Crippen LogP contribution in [0.25, 0.3) is 0 Å². The maximum absolute atomic E-state index is 12.5. The molecule has 0 atom stereocenters. The maximum Gasteiger partial charge on any atom is 0.277 e. The number of hydrogen-bond acceptors (Lipinski definition) is 9. The van der Waals surface area contributed by atoms with E-state index in [1.165, 1.54) is 37.4 Å². The van der Waals surface area contributed by atoms with E-state index in [0.717, 1.165) is 17.3 Å². The molecule has 0 saturated carbocycles. The molecule has 3 N–H and O–H groups in total. The second-order valence-electron chi connectivity index (χ2n) is 5.78. The van der Waals surface area contributed by atoms with Crippen LogP contribution in [-0.4, -0.2) is 60.5 Å². The molecule has 0 fully saturated rings. The van der Waals surface area contributed by atoms with Crippen LogP contribution < -0.4 is 14.8 Å². The summed E-state index contributed by atoms with van der Waals surface area (Å²) in [6, 6.07) is 6.89. The number of rotatable bonds is 8. The topological polar surface area (TPSA) is 151 Å². The lowest BCUT2D eigenvalue weighted by Gasteiger charge is -2.13. The van der Waals surface area contributed by atoms with Gasteiger partial charge in [-0.05, 0) is 24.3 Å². The Bertz CT molecular complexity index is 1070. The van der Waals surface area contributed by atoms with Crippen molar-refractivity contribution in [2.75, 3.05) is 30.3 Å². The summed E-state index contributed by atoms with van der Waals surface area (Å²) >= 11 is 0. The monoisotopic (exact) mass is 419 g/mol. The third-order valence-electron chi connectivity index (χ3n) is 3.87. The zero-order chi connectivity index (χ0) is 21.0. The van der Waals surface area contributed by atoms with Crippen molar-refractivity contribution in [1.82, 2.24) is 14.9 Å². The normalized spacial score (nSPS) is 14.0. The van der Waals surface area contributed by atoms with Crippen molar-refractivity contribution in [2.45, 2.75) is 4.90 Å². The molecule has 1 aliphatic rings. The quantitative estimate of drug-likeness (QED) is 0.500. The molecule has 3 rings (SSSR count). The number of imide groups is 1. The summed E-state index contributed by atoms with van der Waals surface area (Å²) < 4.78 is 32.2. The minimum atomic E-state index is -3.91. The molecular formula is C17H17N5O6S. The zero-order valence-electron chi connectivity index (χ0n) is 15.2. The van der Waals surface area contributed by atoms with Gasteiger partial charge in [0.25, 0.3) is 21.8 Å². The molecule has 29 heavy (non-hydrogen) atoms. The van der Waals surface area contributed by atoms with Crippen molar-refractivity contribution in [1.29, 1.82) is 0 Å². The van der Waals surface area contributed by atoms with E-state index >= 15 is 0 Å². The molecule has 0 radical (unpaired) electrons. The molecule has 2 heterocycles. The number of aromatic nitrogens is 2. The number of amides is 2. The van der Waals surface area contributed by atoms with E-state index in [2.05, 4.69) is 20.0 Å². The summed E-state index contributed by atoms with van der Waals surface area (Å²) in [5.41, 5.74) is 0.441. The van der Waals surface area contributed by atoms with Gasteiger partial charge in [0.05, 0.1) is 25.2 Å². The SMILES string of the molecule is COc1cc(NS(=O)(=O)c2ccc(NC3=CC(=O)N(CCO)C3=O)cc2)ncn1. The number of anilines is 2. The van der Waals surface area contributed by atoms with Crippen molar-refractivity contribution in [3.8, 4) is 5.88 Å². The number of aliphatic hydroxyl groups excluding tert-OH is 1. The number of nitrogens with zero attached hydrogens (tertiary/aromatic N) is 3. The van der Waals surface area contributed by atoms with Gasteiger partial charge >= 0.3 is 0 Å². The van der Waals surface area contributed by atoms with Crippen LogP contribution in [0.1, 0.15) is 0 Å². The lowest BCUT2D eigenvalue weighted by atomic mass is 10.3. The number of β-amino-alcohol motifs (C(OH)–C–C–N with tert-alkyl or cyclic N) is 1. The summed E-state index contributed by atoms with van der Waals surface area (Å²) in [6.07, 6.45) is 2.28. The van der Waals surface area contributed by atoms with E-state index < -0.39 is 21.8 Å². The number of carbonyl (C=O) groups excluding carboxylic acids is 2. The van der Waals surface area contributed by atoms with Gasteiger partial charge < -0.3 is 15.2 Å². The second kappa shape index (κ2) is 8.24. The first-order valence-electron chi connectivity index (χ1n) is 8.28. The summed E-state index contributed by atoms with van der Waals surface area (Å²) in [5.74, 6) is -0.852. The number of ether oxygens (including phenoxy) is 1. The van der Waals surface area contributed by atoms with Crippen LogP contribution >= 0.6 is 0 Å². The average Bonchev–Trinajstić information content (AvgIpc) is 2.96. The van der Waals surface area contributed by atoms with Gasteiger partial charge in [0, 0.05) is 17.8 Å². The van der Waals surface area contributed by atoms with Crippen LogP contribution in [0.5, 0.6) is 5.88 Å². The maximum atomic E-state index is 12.5. The average molecular weight is 419 g/mol. The van der Waals surface area contributed by atoms with Crippen molar-refractivity contribution >= 4 is 33.3 Å². The van der Waals surface area contributed by atoms with E-state index in [-0.39, 0.29) is 35.4 Å². The highest BCUT2D eigenvalue weighted by Crippen LogP contribution is 2.21. The summed E-state index contributed by atoms with van der Waals surface area (Å²) in [6.45, 7) is -0.438. The van der Waals surface area contributed by atoms with Crippen molar-refractivity contribution < 1.29 is 27.9 Å². The lowest BCUT2D eigenvalue weighted by molar-refractivity contribution is -0.137. The van der Waals surface area contributed by atoms with Gasteiger partial charge in [0.2, 0.25) is 5.88 Å². The van der Waals surface area contributed by atoms with Crippen molar-refractivity contribution in [3.05, 3.63) is 48.4 Å². The molecule has 2 aromatic rings. The first-order chi connectivity index (χ1) is 13.8. The minimum absolute atomic E-state index is 0.0327. The molecule has 0 unspecified atom stereocenters. The number of aliphatic hydroxyl groups is 1. The van der Waals surface area contributed by atoms with Gasteiger partial charge in [0.1, 0.15) is 17.8 Å². The van der Waals surface area contributed by atoms with E-state index in [4.69, 9.17) is 9.84 Å². The van der Waals surface area contributed by atoms with Gasteiger partial charge in [-0.1, -0.05) is 0 Å². The fraction of sp³-hybridized carbons (Fsp3) is 0.176. The number of benzene rings is 1. The van der Waals surface area contributed by atoms with Crippen LogP contribution in [0, 0.1) is 0 Å². The van der Waals surface area contributed by atoms with E-state index in [0.29, 0.717) is 5.69 Å². The molecule has 0 aliphatic carbocycles. The first-order valence-corrected chi connectivity index (χ1v) is 9.76. The largest absolute Gasteiger partial charge is 0.481 e. The summed E-state index contributed by atoms with van der Waals surface area (Å²) in [7, 11) is -2.52. The molecule has 0 saturated heterocycles. The van der Waals surface area contributed by atoms with Crippen LogP contribution in [0.2, 0.25) is 0 Å². The first kappa shape index (κ1) is 20.2. The Hall–Kier alpha value is -3.51. The molecule has 2 amide bonds. The van der Waals surface area contributed by atoms with Gasteiger partial charge in [-0.15, -0.1) is 0 Å². The molecular weight excluding hydrogens is 402 g/mol. The van der Waals surface area contributed by atoms with Crippen LogP contribution in [0.15, 0.2) is 53.3 Å². The van der Waals surface area contributed by atoms with Crippen molar-refractivity contribution in [2.24, 2.45) is 0 Å². The van der Waals surface area contributed by atoms with E-state index in [9.17, 15) is 18.0 Å². The molecule has 1 aliphatic heterocycles. The fourth-order valence-electron chi connectivity index (χ4n) is 2.49. The molecule has 0 bridgehead atoms. The Morgan fingerprint density at radius 3 is 2.55 bits per heavy atom. The zero-order valence-corrected chi connectivity index (χ0v) is 16.0. The Balaban J connectivity index is 1.72. The second-order valence-corrected chi connectivity index (χ2v) is 7.46. The van der Waals surface area contributed by atoms with Gasteiger partial charge in [-0.25, -0.2) is 18.4 Å². The van der Waals surface area contributed by atoms with Crippen molar-refractivity contribution in [3.63, 3.8) is 0 Å². The van der Waals surface area contributed by atoms with Gasteiger partial charge in [-0.3, -0.25) is 19.2 Å². The van der Waals surface area contributed by atoms with Gasteiger partial charge in [0.15, 0.2) is 0 Å². The molecule has 12 heteroatoms. The number of nitrogens with one attached hydrogen (secondary N) is 2. The lowest BCUT2D eigenvalue weighted by Crippen LogP contribution is -2.34. The Labute approximate surface area is 166 Å². The summed E-state index contributed by atoms with van der Waals surface area (Å²) in [4.78, 5) is 32.4.